The second kappa shape index (κ2) is 3.69. The Bertz CT molecular complexity index is 422. The third kappa shape index (κ3) is 2.16. The number of nitrogen functional groups attached to an aromatic ring is 1. The number of nitrogens with two attached hydrogens (primary N) is 1. The molecule has 0 spiro atoms. The molecule has 1 aliphatic heterocycles. The number of benzene rings is 1. The Kier molecular flexibility index (Phi) is 2.61. The molecule has 1 aromatic carbocycles. The van der Waals surface area contributed by atoms with Gasteiger partial charge in [-0.3, -0.25) is 4.79 Å². The largest absolute Gasteiger partial charge is 0.399 e. The van der Waals surface area contributed by atoms with Crippen molar-refractivity contribution in [2.45, 2.75) is 5.92 Å². The van der Waals surface area contributed by atoms with Gasteiger partial charge in [0.25, 0.3) is 11.8 Å². The summed E-state index contributed by atoms with van der Waals surface area (Å²) in [5, 5.41) is 0. The summed E-state index contributed by atoms with van der Waals surface area (Å²) in [6, 6.07) is 4.68. The zero-order valence-corrected chi connectivity index (χ0v) is 9.80. The third-order valence-corrected chi connectivity index (χ3v) is 2.76. The maximum absolute atomic E-state index is 12.6. The minimum atomic E-state index is -2.74. The van der Waals surface area contributed by atoms with Crippen LogP contribution < -0.4 is 5.73 Å². The van der Waals surface area contributed by atoms with E-state index in [1.807, 2.05) is 0 Å². The van der Waals surface area contributed by atoms with E-state index in [1.54, 1.807) is 12.1 Å². The number of hydrogen-bond donors (Lipinski definition) is 1. The van der Waals surface area contributed by atoms with Crippen molar-refractivity contribution in [3.05, 3.63) is 28.2 Å². The molecule has 86 valence electrons. The van der Waals surface area contributed by atoms with Crippen molar-refractivity contribution in [3.63, 3.8) is 0 Å². The van der Waals surface area contributed by atoms with Gasteiger partial charge in [0.1, 0.15) is 0 Å². The number of anilines is 1. The molecule has 2 rings (SSSR count). The van der Waals surface area contributed by atoms with Crippen LogP contribution in [0.4, 0.5) is 14.5 Å². The van der Waals surface area contributed by atoms with E-state index in [4.69, 9.17) is 5.73 Å². The van der Waals surface area contributed by atoms with Gasteiger partial charge in [-0.15, -0.1) is 0 Å². The van der Waals surface area contributed by atoms with E-state index in [9.17, 15) is 13.6 Å². The normalized spacial score (nSPS) is 18.1. The van der Waals surface area contributed by atoms with Gasteiger partial charge in [0.05, 0.1) is 13.1 Å². The zero-order chi connectivity index (χ0) is 11.9. The maximum atomic E-state index is 12.6. The highest BCUT2D eigenvalue weighted by Gasteiger charge is 2.46. The Balaban J connectivity index is 2.16. The number of alkyl halides is 2. The third-order valence-electron chi connectivity index (χ3n) is 2.30. The average Bonchev–Trinajstić information content (AvgIpc) is 2.11. The molecule has 1 aliphatic rings. The van der Waals surface area contributed by atoms with Gasteiger partial charge >= 0.3 is 0 Å². The standard InChI is InChI=1S/C10H9BrF2N2O/c11-7-1-6(2-8(14)3-7)9(16)15-4-10(12,13)5-15/h1-3H,4-5,14H2. The summed E-state index contributed by atoms with van der Waals surface area (Å²) in [5.74, 6) is -3.16. The lowest BCUT2D eigenvalue weighted by Gasteiger charge is -2.38. The maximum Gasteiger partial charge on any atom is 0.282 e. The van der Waals surface area contributed by atoms with Crippen LogP contribution in [0.5, 0.6) is 0 Å². The van der Waals surface area contributed by atoms with Crippen LogP contribution in [-0.2, 0) is 0 Å². The van der Waals surface area contributed by atoms with Gasteiger partial charge in [-0.2, -0.15) is 0 Å². The predicted octanol–water partition coefficient (Wildman–Crippen LogP) is 2.12. The number of carbonyl (C=O) groups is 1. The van der Waals surface area contributed by atoms with Crippen molar-refractivity contribution in [2.75, 3.05) is 18.8 Å². The quantitative estimate of drug-likeness (QED) is 0.806. The zero-order valence-electron chi connectivity index (χ0n) is 8.21. The molecule has 0 aromatic heterocycles. The summed E-state index contributed by atoms with van der Waals surface area (Å²) in [6.45, 7) is -1.03. The van der Waals surface area contributed by atoms with E-state index in [2.05, 4.69) is 15.9 Å². The van der Waals surface area contributed by atoms with Crippen molar-refractivity contribution in [2.24, 2.45) is 0 Å². The first-order valence-corrected chi connectivity index (χ1v) is 5.40. The van der Waals surface area contributed by atoms with E-state index in [1.165, 1.54) is 6.07 Å². The number of likely N-dealkylation sites (tertiary alicyclic amines) is 1. The number of rotatable bonds is 1. The Morgan fingerprint density at radius 2 is 2.00 bits per heavy atom. The minimum absolute atomic E-state index is 0.322. The fourth-order valence-corrected chi connectivity index (χ4v) is 2.09. The Morgan fingerprint density at radius 1 is 1.38 bits per heavy atom. The summed E-state index contributed by atoms with van der Waals surface area (Å²) < 4.78 is 25.8. The second-order valence-electron chi connectivity index (χ2n) is 3.79. The van der Waals surface area contributed by atoms with Gasteiger partial charge in [-0.25, -0.2) is 8.78 Å². The molecule has 1 amide bonds. The van der Waals surface area contributed by atoms with Gasteiger partial charge in [-0.05, 0) is 18.2 Å². The SMILES string of the molecule is Nc1cc(Br)cc(C(=O)N2CC(F)(F)C2)c1. The second-order valence-corrected chi connectivity index (χ2v) is 4.71. The van der Waals surface area contributed by atoms with Crippen molar-refractivity contribution in [3.8, 4) is 0 Å². The van der Waals surface area contributed by atoms with E-state index in [0.29, 0.717) is 15.7 Å². The van der Waals surface area contributed by atoms with E-state index in [0.717, 1.165) is 4.90 Å². The molecule has 3 nitrogen and oxygen atoms in total. The molecule has 0 aliphatic carbocycles. The summed E-state index contributed by atoms with van der Waals surface area (Å²) in [7, 11) is 0. The summed E-state index contributed by atoms with van der Waals surface area (Å²) in [6.07, 6.45) is 0. The van der Waals surface area contributed by atoms with Crippen LogP contribution in [0, 0.1) is 0 Å². The van der Waals surface area contributed by atoms with Crippen LogP contribution in [0.3, 0.4) is 0 Å². The van der Waals surface area contributed by atoms with Crippen LogP contribution in [-0.4, -0.2) is 29.8 Å². The molecule has 1 heterocycles. The van der Waals surface area contributed by atoms with E-state index < -0.39 is 24.9 Å². The first-order chi connectivity index (χ1) is 7.37. The number of hydrogen-bond acceptors (Lipinski definition) is 2. The summed E-state index contributed by atoms with van der Waals surface area (Å²) >= 11 is 3.19. The van der Waals surface area contributed by atoms with Crippen molar-refractivity contribution in [1.82, 2.24) is 4.90 Å². The summed E-state index contributed by atoms with van der Waals surface area (Å²) in [5.41, 5.74) is 6.30. The Hall–Kier alpha value is -1.17. The molecular formula is C10H9BrF2N2O. The molecule has 0 atom stereocenters. The number of nitrogens with zero attached hydrogens (tertiary/aromatic N) is 1. The fraction of sp³-hybridized carbons (Fsp3) is 0.300. The lowest BCUT2D eigenvalue weighted by molar-refractivity contribution is -0.113. The highest BCUT2D eigenvalue weighted by atomic mass is 79.9. The predicted molar refractivity (Wildman–Crippen MR) is 59.4 cm³/mol. The van der Waals surface area contributed by atoms with Gasteiger partial charge < -0.3 is 10.6 Å². The van der Waals surface area contributed by atoms with Crippen molar-refractivity contribution >= 4 is 27.5 Å². The number of amides is 1. The first-order valence-electron chi connectivity index (χ1n) is 4.60. The number of carbonyl (C=O) groups excluding carboxylic acids is 1. The summed E-state index contributed by atoms with van der Waals surface area (Å²) in [4.78, 5) is 12.8. The highest BCUT2D eigenvalue weighted by molar-refractivity contribution is 9.10. The molecular weight excluding hydrogens is 282 g/mol. The van der Waals surface area contributed by atoms with Gasteiger partial charge in [0.2, 0.25) is 0 Å². The van der Waals surface area contributed by atoms with Gasteiger partial charge in [-0.1, -0.05) is 15.9 Å². The minimum Gasteiger partial charge on any atom is -0.399 e. The van der Waals surface area contributed by atoms with Crippen molar-refractivity contribution < 1.29 is 13.6 Å². The van der Waals surface area contributed by atoms with Crippen LogP contribution in [0.1, 0.15) is 10.4 Å². The van der Waals surface area contributed by atoms with Crippen LogP contribution in [0.2, 0.25) is 0 Å². The lowest BCUT2D eigenvalue weighted by atomic mass is 10.1. The van der Waals surface area contributed by atoms with Crippen LogP contribution in [0.25, 0.3) is 0 Å². The molecule has 0 unspecified atom stereocenters. The molecule has 0 bridgehead atoms. The molecule has 0 radical (unpaired) electrons. The molecule has 6 heteroatoms. The van der Waals surface area contributed by atoms with Crippen LogP contribution >= 0.6 is 15.9 Å². The van der Waals surface area contributed by atoms with E-state index in [-0.39, 0.29) is 0 Å². The smallest absolute Gasteiger partial charge is 0.282 e. The molecule has 2 N–H and O–H groups in total. The Morgan fingerprint density at radius 3 is 2.50 bits per heavy atom. The van der Waals surface area contributed by atoms with Crippen molar-refractivity contribution in [1.29, 1.82) is 0 Å². The monoisotopic (exact) mass is 290 g/mol. The number of halogens is 3. The first kappa shape index (κ1) is 11.3. The average molecular weight is 291 g/mol. The molecule has 0 saturated carbocycles. The fourth-order valence-electron chi connectivity index (χ4n) is 1.57. The van der Waals surface area contributed by atoms with Gasteiger partial charge in [0.15, 0.2) is 0 Å². The van der Waals surface area contributed by atoms with E-state index >= 15 is 0 Å². The van der Waals surface area contributed by atoms with Crippen LogP contribution in [0.15, 0.2) is 22.7 Å². The lowest BCUT2D eigenvalue weighted by Crippen LogP contribution is -2.58. The van der Waals surface area contributed by atoms with Gasteiger partial charge in [0, 0.05) is 15.7 Å². The molecule has 1 saturated heterocycles. The molecule has 16 heavy (non-hydrogen) atoms. The molecule has 1 aromatic rings. The topological polar surface area (TPSA) is 46.3 Å². The Labute approximate surface area is 99.3 Å². The molecule has 1 fully saturated rings. The highest BCUT2D eigenvalue weighted by Crippen LogP contribution is 2.29.